The van der Waals surface area contributed by atoms with E-state index in [4.69, 9.17) is 15.2 Å². The van der Waals surface area contributed by atoms with Crippen LogP contribution in [0, 0.1) is 0 Å². The molecule has 1 aromatic heterocycles. The van der Waals surface area contributed by atoms with Crippen molar-refractivity contribution < 1.29 is 14.3 Å². The van der Waals surface area contributed by atoms with E-state index in [1.165, 1.54) is 11.3 Å². The molecular formula is C15H16N2O3S. The maximum absolute atomic E-state index is 11.9. The van der Waals surface area contributed by atoms with Crippen molar-refractivity contribution in [1.82, 2.24) is 5.32 Å². The van der Waals surface area contributed by atoms with Crippen LogP contribution in [0.2, 0.25) is 0 Å². The Kier molecular flexibility index (Phi) is 3.96. The van der Waals surface area contributed by atoms with Gasteiger partial charge in [0.1, 0.15) is 12.7 Å². The minimum atomic E-state index is -0.150. The molecule has 0 aliphatic carbocycles. The van der Waals surface area contributed by atoms with E-state index in [1.807, 2.05) is 22.9 Å². The lowest BCUT2D eigenvalue weighted by Crippen LogP contribution is -2.41. The molecule has 5 nitrogen and oxygen atoms in total. The highest BCUT2D eigenvalue weighted by molar-refractivity contribution is 7.08. The van der Waals surface area contributed by atoms with Gasteiger partial charge in [0.25, 0.3) is 0 Å². The van der Waals surface area contributed by atoms with E-state index in [9.17, 15) is 4.79 Å². The third-order valence-electron chi connectivity index (χ3n) is 3.18. The largest absolute Gasteiger partial charge is 0.485 e. The molecule has 2 heterocycles. The van der Waals surface area contributed by atoms with Crippen LogP contribution < -0.4 is 20.5 Å². The van der Waals surface area contributed by atoms with Crippen LogP contribution in [-0.2, 0) is 11.2 Å². The van der Waals surface area contributed by atoms with Crippen LogP contribution >= 0.6 is 11.3 Å². The predicted octanol–water partition coefficient (Wildman–Crippen LogP) is 1.83. The van der Waals surface area contributed by atoms with Crippen LogP contribution in [0.4, 0.5) is 5.69 Å². The topological polar surface area (TPSA) is 73.6 Å². The van der Waals surface area contributed by atoms with Crippen LogP contribution in [0.15, 0.2) is 35.0 Å². The first-order valence-corrected chi connectivity index (χ1v) is 7.62. The third kappa shape index (κ3) is 3.46. The van der Waals surface area contributed by atoms with Crippen molar-refractivity contribution in [3.8, 4) is 11.5 Å². The summed E-state index contributed by atoms with van der Waals surface area (Å²) in [6.45, 7) is 0.884. The number of benzene rings is 1. The van der Waals surface area contributed by atoms with E-state index >= 15 is 0 Å². The highest BCUT2D eigenvalue weighted by Gasteiger charge is 2.22. The lowest BCUT2D eigenvalue weighted by Gasteiger charge is -2.24. The number of carbonyl (C=O) groups is 1. The molecule has 0 saturated heterocycles. The molecule has 1 aliphatic rings. The number of fused-ring (bicyclic) bond motifs is 1. The maximum Gasteiger partial charge on any atom is 0.224 e. The number of amides is 1. The molecule has 1 aromatic carbocycles. The van der Waals surface area contributed by atoms with Gasteiger partial charge in [-0.25, -0.2) is 0 Å². The van der Waals surface area contributed by atoms with Gasteiger partial charge in [-0.3, -0.25) is 4.79 Å². The van der Waals surface area contributed by atoms with Crippen molar-refractivity contribution >= 4 is 22.9 Å². The molecule has 1 atom stereocenters. The van der Waals surface area contributed by atoms with E-state index in [1.54, 1.807) is 12.1 Å². The number of hydrogen-bond donors (Lipinski definition) is 2. The lowest BCUT2D eigenvalue weighted by atomic mass is 10.1. The molecule has 0 spiro atoms. The molecule has 3 rings (SSSR count). The first kappa shape index (κ1) is 13.8. The molecule has 1 aliphatic heterocycles. The summed E-state index contributed by atoms with van der Waals surface area (Å²) in [5, 5.41) is 6.68. The molecule has 21 heavy (non-hydrogen) atoms. The Bertz CT molecular complexity index is 624. The number of thiophene rings is 1. The van der Waals surface area contributed by atoms with E-state index in [-0.39, 0.29) is 12.0 Å². The van der Waals surface area contributed by atoms with Gasteiger partial charge < -0.3 is 20.5 Å². The van der Waals surface area contributed by atoms with Crippen LogP contribution in [0.5, 0.6) is 11.5 Å². The maximum atomic E-state index is 11.9. The molecule has 1 unspecified atom stereocenters. The van der Waals surface area contributed by atoms with Gasteiger partial charge in [-0.2, -0.15) is 0 Å². The normalized spacial score (nSPS) is 16.5. The molecule has 2 aromatic rings. The summed E-state index contributed by atoms with van der Waals surface area (Å²) in [4.78, 5) is 11.9. The van der Waals surface area contributed by atoms with Crippen molar-refractivity contribution in [3.05, 3.63) is 40.6 Å². The molecule has 0 radical (unpaired) electrons. The molecule has 0 fully saturated rings. The standard InChI is InChI=1S/C15H16N2O3S/c16-11-3-1-10(2-4-11)5-15(18)17-6-12-7-19-13-8-21-9-14(13)20-12/h1-4,8-9,12H,5-7,16H2,(H,17,18). The summed E-state index contributed by atoms with van der Waals surface area (Å²) in [6, 6.07) is 7.29. The van der Waals surface area contributed by atoms with Crippen molar-refractivity contribution in [2.75, 3.05) is 18.9 Å². The average molecular weight is 304 g/mol. The number of ether oxygens (including phenoxy) is 2. The number of carbonyl (C=O) groups excluding carboxylic acids is 1. The lowest BCUT2D eigenvalue weighted by molar-refractivity contribution is -0.120. The van der Waals surface area contributed by atoms with Gasteiger partial charge in [-0.05, 0) is 17.7 Å². The Morgan fingerprint density at radius 3 is 2.86 bits per heavy atom. The fraction of sp³-hybridized carbons (Fsp3) is 0.267. The van der Waals surface area contributed by atoms with E-state index in [0.29, 0.717) is 25.3 Å². The summed E-state index contributed by atoms with van der Waals surface area (Å²) >= 11 is 1.54. The Labute approximate surface area is 126 Å². The molecule has 0 bridgehead atoms. The number of nitrogen functional groups attached to an aromatic ring is 1. The predicted molar refractivity (Wildman–Crippen MR) is 81.8 cm³/mol. The molecule has 6 heteroatoms. The average Bonchev–Trinajstić information content (AvgIpc) is 2.95. The first-order valence-electron chi connectivity index (χ1n) is 6.67. The molecule has 0 saturated carbocycles. The molecular weight excluding hydrogens is 288 g/mol. The fourth-order valence-corrected chi connectivity index (χ4v) is 2.74. The summed E-state index contributed by atoms with van der Waals surface area (Å²) in [5.74, 6) is 1.49. The molecule has 110 valence electrons. The van der Waals surface area contributed by atoms with Gasteiger partial charge in [-0.15, -0.1) is 11.3 Å². The van der Waals surface area contributed by atoms with E-state index < -0.39 is 0 Å². The number of hydrogen-bond acceptors (Lipinski definition) is 5. The second-order valence-corrected chi connectivity index (χ2v) is 5.62. The number of nitrogens with two attached hydrogens (primary N) is 1. The summed E-state index contributed by atoms with van der Waals surface area (Å²) in [7, 11) is 0. The van der Waals surface area contributed by atoms with E-state index in [2.05, 4.69) is 5.32 Å². The van der Waals surface area contributed by atoms with Crippen molar-refractivity contribution in [1.29, 1.82) is 0 Å². The van der Waals surface area contributed by atoms with E-state index in [0.717, 1.165) is 17.1 Å². The number of anilines is 1. The number of nitrogens with one attached hydrogen (secondary N) is 1. The molecule has 1 amide bonds. The van der Waals surface area contributed by atoms with Gasteiger partial charge in [0.15, 0.2) is 11.5 Å². The Balaban J connectivity index is 1.47. The quantitative estimate of drug-likeness (QED) is 0.845. The Hall–Kier alpha value is -2.21. The van der Waals surface area contributed by atoms with Crippen LogP contribution in [-0.4, -0.2) is 25.2 Å². The zero-order valence-corrected chi connectivity index (χ0v) is 12.2. The highest BCUT2D eigenvalue weighted by Crippen LogP contribution is 2.35. The summed E-state index contributed by atoms with van der Waals surface area (Å²) in [5.41, 5.74) is 7.24. The summed E-state index contributed by atoms with van der Waals surface area (Å²) < 4.78 is 11.3. The minimum Gasteiger partial charge on any atom is -0.485 e. The Morgan fingerprint density at radius 2 is 2.05 bits per heavy atom. The van der Waals surface area contributed by atoms with Gasteiger partial charge in [0.2, 0.25) is 5.91 Å². The second-order valence-electron chi connectivity index (χ2n) is 4.87. The molecule has 3 N–H and O–H groups in total. The van der Waals surface area contributed by atoms with Crippen LogP contribution in [0.1, 0.15) is 5.56 Å². The summed E-state index contributed by atoms with van der Waals surface area (Å²) in [6.07, 6.45) is 0.180. The van der Waals surface area contributed by atoms with Crippen LogP contribution in [0.25, 0.3) is 0 Å². The van der Waals surface area contributed by atoms with Gasteiger partial charge >= 0.3 is 0 Å². The fourth-order valence-electron chi connectivity index (χ4n) is 2.07. The van der Waals surface area contributed by atoms with Crippen molar-refractivity contribution in [2.45, 2.75) is 12.5 Å². The van der Waals surface area contributed by atoms with Crippen molar-refractivity contribution in [3.63, 3.8) is 0 Å². The van der Waals surface area contributed by atoms with Crippen LogP contribution in [0.3, 0.4) is 0 Å². The van der Waals surface area contributed by atoms with Gasteiger partial charge in [0, 0.05) is 16.4 Å². The number of rotatable bonds is 4. The monoisotopic (exact) mass is 304 g/mol. The zero-order chi connectivity index (χ0) is 14.7. The van der Waals surface area contributed by atoms with Gasteiger partial charge in [-0.1, -0.05) is 12.1 Å². The smallest absolute Gasteiger partial charge is 0.224 e. The second kappa shape index (κ2) is 6.05. The van der Waals surface area contributed by atoms with Crippen molar-refractivity contribution in [2.24, 2.45) is 0 Å². The SMILES string of the molecule is Nc1ccc(CC(=O)NCC2COc3cscc3O2)cc1. The first-order chi connectivity index (χ1) is 10.2. The Morgan fingerprint density at radius 1 is 1.29 bits per heavy atom. The minimum absolute atomic E-state index is 0.0421. The zero-order valence-electron chi connectivity index (χ0n) is 11.4. The van der Waals surface area contributed by atoms with Gasteiger partial charge in [0.05, 0.1) is 13.0 Å². The third-order valence-corrected chi connectivity index (χ3v) is 3.88. The highest BCUT2D eigenvalue weighted by atomic mass is 32.1.